The highest BCUT2D eigenvalue weighted by Gasteiger charge is 2.10. The zero-order valence-corrected chi connectivity index (χ0v) is 13.8. The van der Waals surface area contributed by atoms with E-state index in [1.54, 1.807) is 0 Å². The lowest BCUT2D eigenvalue weighted by atomic mass is 10.1. The quantitative estimate of drug-likeness (QED) is 0.768. The molecule has 116 valence electrons. The Kier molecular flexibility index (Phi) is 6.22. The van der Waals surface area contributed by atoms with Crippen LogP contribution < -0.4 is 15.4 Å². The van der Waals surface area contributed by atoms with E-state index in [0.717, 1.165) is 17.9 Å². The standard InChI is InChI=1S/C18H22N2OS/c1-3-17(14-8-6-5-7-9-14)20-18(22)19-15-10-12-16(13-11-15)21-4-2/h5-13,17H,3-4H2,1-2H3,(H2,19,20,22)/t17-/m1/s1. The Morgan fingerprint density at radius 1 is 1.05 bits per heavy atom. The van der Waals surface area contributed by atoms with Gasteiger partial charge in [-0.15, -0.1) is 0 Å². The van der Waals surface area contributed by atoms with Crippen LogP contribution in [0.5, 0.6) is 5.75 Å². The fourth-order valence-corrected chi connectivity index (χ4v) is 2.49. The van der Waals surface area contributed by atoms with E-state index >= 15 is 0 Å². The molecule has 0 saturated heterocycles. The summed E-state index contributed by atoms with van der Waals surface area (Å²) in [5.41, 5.74) is 2.18. The van der Waals surface area contributed by atoms with E-state index in [2.05, 4.69) is 29.7 Å². The zero-order chi connectivity index (χ0) is 15.8. The van der Waals surface area contributed by atoms with Gasteiger partial charge in [-0.05, 0) is 55.4 Å². The fourth-order valence-electron chi connectivity index (χ4n) is 2.23. The summed E-state index contributed by atoms with van der Waals surface area (Å²) in [7, 11) is 0. The summed E-state index contributed by atoms with van der Waals surface area (Å²) in [4.78, 5) is 0. The Morgan fingerprint density at radius 3 is 2.32 bits per heavy atom. The van der Waals surface area contributed by atoms with Gasteiger partial charge in [0.05, 0.1) is 12.6 Å². The van der Waals surface area contributed by atoms with Gasteiger partial charge in [-0.2, -0.15) is 0 Å². The Hall–Kier alpha value is -2.07. The molecule has 0 fully saturated rings. The van der Waals surface area contributed by atoms with Gasteiger partial charge in [0.25, 0.3) is 0 Å². The van der Waals surface area contributed by atoms with E-state index in [0.29, 0.717) is 11.7 Å². The summed E-state index contributed by atoms with van der Waals surface area (Å²) in [6, 6.07) is 18.3. The van der Waals surface area contributed by atoms with Crippen molar-refractivity contribution in [1.29, 1.82) is 0 Å². The fraction of sp³-hybridized carbons (Fsp3) is 0.278. The van der Waals surface area contributed by atoms with Crippen molar-refractivity contribution >= 4 is 23.0 Å². The maximum atomic E-state index is 5.43. The number of hydrogen-bond donors (Lipinski definition) is 2. The van der Waals surface area contributed by atoms with Gasteiger partial charge >= 0.3 is 0 Å². The summed E-state index contributed by atoms with van der Waals surface area (Å²) in [6.45, 7) is 4.78. The highest BCUT2D eigenvalue weighted by Crippen LogP contribution is 2.18. The molecule has 3 nitrogen and oxygen atoms in total. The van der Waals surface area contributed by atoms with Gasteiger partial charge in [0, 0.05) is 5.69 Å². The van der Waals surface area contributed by atoms with Crippen LogP contribution in [-0.2, 0) is 0 Å². The normalized spacial score (nSPS) is 11.5. The van der Waals surface area contributed by atoms with Crippen LogP contribution in [0.3, 0.4) is 0 Å². The maximum absolute atomic E-state index is 5.43. The third kappa shape index (κ3) is 4.74. The molecule has 0 amide bonds. The second-order valence-corrected chi connectivity index (χ2v) is 5.34. The van der Waals surface area contributed by atoms with Crippen LogP contribution in [0.2, 0.25) is 0 Å². The first-order valence-corrected chi connectivity index (χ1v) is 7.99. The molecule has 0 bridgehead atoms. The zero-order valence-electron chi connectivity index (χ0n) is 13.0. The molecule has 0 aliphatic carbocycles. The summed E-state index contributed by atoms with van der Waals surface area (Å²) < 4.78 is 5.43. The van der Waals surface area contributed by atoms with Crippen molar-refractivity contribution in [2.75, 3.05) is 11.9 Å². The number of benzene rings is 2. The van der Waals surface area contributed by atoms with Crippen molar-refractivity contribution < 1.29 is 4.74 Å². The Labute approximate surface area is 137 Å². The number of rotatable bonds is 6. The molecule has 2 aromatic carbocycles. The molecule has 0 aliphatic heterocycles. The van der Waals surface area contributed by atoms with Crippen molar-refractivity contribution in [2.45, 2.75) is 26.3 Å². The summed E-state index contributed by atoms with van der Waals surface area (Å²) in [5, 5.41) is 7.20. The highest BCUT2D eigenvalue weighted by molar-refractivity contribution is 7.80. The largest absolute Gasteiger partial charge is 0.494 e. The molecule has 0 aromatic heterocycles. The lowest BCUT2D eigenvalue weighted by Gasteiger charge is -2.20. The van der Waals surface area contributed by atoms with Crippen molar-refractivity contribution in [3.63, 3.8) is 0 Å². The van der Waals surface area contributed by atoms with Gasteiger partial charge in [-0.3, -0.25) is 0 Å². The average molecular weight is 314 g/mol. The maximum Gasteiger partial charge on any atom is 0.171 e. The van der Waals surface area contributed by atoms with E-state index in [-0.39, 0.29) is 6.04 Å². The van der Waals surface area contributed by atoms with Gasteiger partial charge in [-0.25, -0.2) is 0 Å². The molecule has 2 N–H and O–H groups in total. The van der Waals surface area contributed by atoms with Crippen molar-refractivity contribution in [2.24, 2.45) is 0 Å². The Bertz CT molecular complexity index is 584. The Morgan fingerprint density at radius 2 is 1.73 bits per heavy atom. The first-order valence-electron chi connectivity index (χ1n) is 7.58. The molecular weight excluding hydrogens is 292 g/mol. The smallest absolute Gasteiger partial charge is 0.171 e. The van der Waals surface area contributed by atoms with Crippen LogP contribution in [0.25, 0.3) is 0 Å². The minimum Gasteiger partial charge on any atom is -0.494 e. The molecule has 4 heteroatoms. The highest BCUT2D eigenvalue weighted by atomic mass is 32.1. The SMILES string of the molecule is CCOc1ccc(NC(=S)N[C@H](CC)c2ccccc2)cc1. The second-order valence-electron chi connectivity index (χ2n) is 4.93. The summed E-state index contributed by atoms with van der Waals surface area (Å²) >= 11 is 5.41. The van der Waals surface area contributed by atoms with Gasteiger partial charge in [0.15, 0.2) is 5.11 Å². The van der Waals surface area contributed by atoms with Gasteiger partial charge in [0.2, 0.25) is 0 Å². The van der Waals surface area contributed by atoms with Crippen molar-refractivity contribution in [3.8, 4) is 5.75 Å². The Balaban J connectivity index is 1.94. The van der Waals surface area contributed by atoms with E-state index in [1.165, 1.54) is 5.56 Å². The third-order valence-electron chi connectivity index (χ3n) is 3.34. The second kappa shape index (κ2) is 8.39. The predicted octanol–water partition coefficient (Wildman–Crippen LogP) is 4.52. The number of thiocarbonyl (C=S) groups is 1. The minimum atomic E-state index is 0.212. The molecule has 2 rings (SSSR count). The van der Waals surface area contributed by atoms with Gasteiger partial charge in [0.1, 0.15) is 5.75 Å². The predicted molar refractivity (Wildman–Crippen MR) is 96.4 cm³/mol. The molecule has 0 aliphatic rings. The van der Waals surface area contributed by atoms with E-state index in [9.17, 15) is 0 Å². The molecule has 0 spiro atoms. The molecule has 1 atom stereocenters. The lowest BCUT2D eigenvalue weighted by Crippen LogP contribution is -2.32. The van der Waals surface area contributed by atoms with Crippen LogP contribution in [0.1, 0.15) is 31.9 Å². The first kappa shape index (κ1) is 16.3. The van der Waals surface area contributed by atoms with Gasteiger partial charge < -0.3 is 15.4 Å². The number of anilines is 1. The molecule has 0 heterocycles. The topological polar surface area (TPSA) is 33.3 Å². The monoisotopic (exact) mass is 314 g/mol. The van der Waals surface area contributed by atoms with Crippen LogP contribution in [0, 0.1) is 0 Å². The summed E-state index contributed by atoms with van der Waals surface area (Å²) in [6.07, 6.45) is 0.967. The third-order valence-corrected chi connectivity index (χ3v) is 3.56. The van der Waals surface area contributed by atoms with E-state index in [1.807, 2.05) is 49.4 Å². The summed E-state index contributed by atoms with van der Waals surface area (Å²) in [5.74, 6) is 0.864. The van der Waals surface area contributed by atoms with Crippen molar-refractivity contribution in [1.82, 2.24) is 5.32 Å². The van der Waals surface area contributed by atoms with Crippen LogP contribution in [0.4, 0.5) is 5.69 Å². The lowest BCUT2D eigenvalue weighted by molar-refractivity contribution is 0.340. The molecular formula is C18H22N2OS. The van der Waals surface area contributed by atoms with Gasteiger partial charge in [-0.1, -0.05) is 37.3 Å². The molecule has 0 unspecified atom stereocenters. The number of ether oxygens (including phenoxy) is 1. The number of nitrogens with one attached hydrogen (secondary N) is 2. The minimum absolute atomic E-state index is 0.212. The van der Waals surface area contributed by atoms with Crippen molar-refractivity contribution in [3.05, 3.63) is 60.2 Å². The molecule has 0 saturated carbocycles. The first-order chi connectivity index (χ1) is 10.7. The number of hydrogen-bond acceptors (Lipinski definition) is 2. The van der Waals surface area contributed by atoms with Crippen LogP contribution in [0.15, 0.2) is 54.6 Å². The molecule has 22 heavy (non-hydrogen) atoms. The molecule has 2 aromatic rings. The average Bonchev–Trinajstić information content (AvgIpc) is 2.55. The van der Waals surface area contributed by atoms with Crippen LogP contribution in [-0.4, -0.2) is 11.7 Å². The van der Waals surface area contributed by atoms with Crippen LogP contribution >= 0.6 is 12.2 Å². The van der Waals surface area contributed by atoms with E-state index < -0.39 is 0 Å². The van der Waals surface area contributed by atoms with E-state index in [4.69, 9.17) is 17.0 Å². The molecule has 0 radical (unpaired) electrons.